The minimum atomic E-state index is -2.16. The number of hydrogen-bond acceptors (Lipinski definition) is 3. The van der Waals surface area contributed by atoms with Gasteiger partial charge in [0, 0.05) is 5.75 Å². The fourth-order valence-corrected chi connectivity index (χ4v) is 3.79. The number of fused-ring (bicyclic) bond motifs is 1. The Morgan fingerprint density at radius 1 is 0.905 bits per heavy atom. The van der Waals surface area contributed by atoms with E-state index in [9.17, 15) is 22.0 Å². The van der Waals surface area contributed by atoms with Crippen LogP contribution in [0.3, 0.4) is 0 Å². The fraction of sp³-hybridized carbons (Fsp3) is 0.462. The Balaban J connectivity index is 1.92. The van der Waals surface area contributed by atoms with E-state index < -0.39 is 34.8 Å². The molecular weight excluding hydrogens is 311 g/mol. The van der Waals surface area contributed by atoms with Crippen molar-refractivity contribution in [3.63, 3.8) is 0 Å². The molecule has 1 aromatic carbocycles. The van der Waals surface area contributed by atoms with E-state index in [0.29, 0.717) is 5.92 Å². The molecule has 1 saturated carbocycles. The van der Waals surface area contributed by atoms with Crippen LogP contribution in [0.2, 0.25) is 0 Å². The number of amidine groups is 1. The van der Waals surface area contributed by atoms with Crippen LogP contribution in [0.15, 0.2) is 4.99 Å². The monoisotopic (exact) mass is 322 g/mol. The zero-order valence-electron chi connectivity index (χ0n) is 10.7. The summed E-state index contributed by atoms with van der Waals surface area (Å²) in [5.41, 5.74) is -1.05. The summed E-state index contributed by atoms with van der Waals surface area (Å²) in [6.45, 7) is 0. The van der Waals surface area contributed by atoms with Crippen LogP contribution in [0.25, 0.3) is 0 Å². The lowest BCUT2D eigenvalue weighted by molar-refractivity contribution is 0.382. The molecule has 1 aliphatic carbocycles. The maximum atomic E-state index is 13.6. The van der Waals surface area contributed by atoms with E-state index in [4.69, 9.17) is 0 Å². The summed E-state index contributed by atoms with van der Waals surface area (Å²) in [6, 6.07) is 0.0648. The third kappa shape index (κ3) is 2.49. The normalized spacial score (nSPS) is 24.7. The summed E-state index contributed by atoms with van der Waals surface area (Å²) in [6.07, 6.45) is 2.97. The zero-order chi connectivity index (χ0) is 15.1. The Morgan fingerprint density at radius 3 is 2.19 bits per heavy atom. The smallest absolute Gasteiger partial charge is 0.200 e. The molecule has 8 heteroatoms. The minimum Gasteiger partial charge on any atom is -0.330 e. The molecule has 1 aliphatic heterocycles. The number of hydrogen-bond donors (Lipinski definition) is 1. The van der Waals surface area contributed by atoms with Crippen molar-refractivity contribution < 1.29 is 22.0 Å². The lowest BCUT2D eigenvalue weighted by Crippen LogP contribution is -2.26. The standard InChI is InChI=1S/C13H11F5N2S/c14-7-8(15)10(17)12(11(18)9(7)16)20-13-19-6-3-1-2-5(6)4-21-13/h5-6H,1-4H2,(H,19,20). The molecule has 2 aliphatic rings. The summed E-state index contributed by atoms with van der Waals surface area (Å²) in [4.78, 5) is 4.30. The molecule has 0 spiro atoms. The molecule has 1 heterocycles. The van der Waals surface area contributed by atoms with Crippen LogP contribution in [0, 0.1) is 35.0 Å². The van der Waals surface area contributed by atoms with Crippen molar-refractivity contribution in [3.05, 3.63) is 29.1 Å². The summed E-state index contributed by atoms with van der Waals surface area (Å²) < 4.78 is 66.4. The number of nitrogens with one attached hydrogen (secondary N) is 1. The fourth-order valence-electron chi connectivity index (χ4n) is 2.65. The highest BCUT2D eigenvalue weighted by atomic mass is 32.2. The molecule has 2 atom stereocenters. The van der Waals surface area contributed by atoms with Crippen molar-refractivity contribution in [2.75, 3.05) is 11.1 Å². The molecule has 2 nitrogen and oxygen atoms in total. The van der Waals surface area contributed by atoms with E-state index in [2.05, 4.69) is 10.3 Å². The average Bonchev–Trinajstić information content (AvgIpc) is 2.95. The second kappa shape index (κ2) is 5.47. The largest absolute Gasteiger partial charge is 0.330 e. The van der Waals surface area contributed by atoms with Gasteiger partial charge in [0.2, 0.25) is 5.82 Å². The van der Waals surface area contributed by atoms with E-state index in [1.807, 2.05) is 0 Å². The van der Waals surface area contributed by atoms with Gasteiger partial charge in [0.25, 0.3) is 0 Å². The van der Waals surface area contributed by atoms with Crippen LogP contribution in [-0.2, 0) is 0 Å². The highest BCUT2D eigenvalue weighted by Crippen LogP contribution is 2.36. The third-order valence-corrected chi connectivity index (χ3v) is 4.85. The van der Waals surface area contributed by atoms with Gasteiger partial charge in [-0.05, 0) is 18.8 Å². The number of anilines is 1. The molecule has 1 aromatic rings. The van der Waals surface area contributed by atoms with Crippen LogP contribution >= 0.6 is 11.8 Å². The van der Waals surface area contributed by atoms with Gasteiger partial charge < -0.3 is 5.32 Å². The van der Waals surface area contributed by atoms with Gasteiger partial charge in [-0.2, -0.15) is 0 Å². The Labute approximate surface area is 121 Å². The number of rotatable bonds is 1. The van der Waals surface area contributed by atoms with Crippen LogP contribution in [-0.4, -0.2) is 17.0 Å². The van der Waals surface area contributed by atoms with E-state index in [-0.39, 0.29) is 11.2 Å². The highest BCUT2D eigenvalue weighted by Gasteiger charge is 2.32. The quantitative estimate of drug-likeness (QED) is 0.479. The van der Waals surface area contributed by atoms with Gasteiger partial charge in [-0.25, -0.2) is 22.0 Å². The maximum absolute atomic E-state index is 13.6. The topological polar surface area (TPSA) is 24.4 Å². The van der Waals surface area contributed by atoms with Crippen LogP contribution in [0.5, 0.6) is 0 Å². The number of benzene rings is 1. The van der Waals surface area contributed by atoms with Crippen molar-refractivity contribution in [2.45, 2.75) is 25.3 Å². The molecule has 0 bridgehead atoms. The van der Waals surface area contributed by atoms with Gasteiger partial charge in [0.15, 0.2) is 28.4 Å². The second-order valence-corrected chi connectivity index (χ2v) is 6.08. The summed E-state index contributed by atoms with van der Waals surface area (Å²) in [7, 11) is 0. The Morgan fingerprint density at radius 2 is 1.52 bits per heavy atom. The van der Waals surface area contributed by atoms with Gasteiger partial charge in [-0.15, -0.1) is 0 Å². The average molecular weight is 322 g/mol. The molecule has 0 aromatic heterocycles. The molecule has 0 saturated heterocycles. The van der Waals surface area contributed by atoms with Gasteiger partial charge in [-0.1, -0.05) is 18.2 Å². The first kappa shape index (κ1) is 14.6. The molecule has 21 heavy (non-hydrogen) atoms. The highest BCUT2D eigenvalue weighted by molar-refractivity contribution is 8.14. The molecule has 0 radical (unpaired) electrons. The van der Waals surface area contributed by atoms with Gasteiger partial charge in [0.05, 0.1) is 6.04 Å². The van der Waals surface area contributed by atoms with Crippen LogP contribution < -0.4 is 5.32 Å². The molecule has 3 rings (SSSR count). The molecule has 2 unspecified atom stereocenters. The van der Waals surface area contributed by atoms with Crippen molar-refractivity contribution in [1.29, 1.82) is 0 Å². The first-order chi connectivity index (χ1) is 9.99. The van der Waals surface area contributed by atoms with Gasteiger partial charge in [0.1, 0.15) is 5.69 Å². The van der Waals surface area contributed by atoms with Crippen LogP contribution in [0.1, 0.15) is 19.3 Å². The number of nitrogens with zero attached hydrogens (tertiary/aromatic N) is 1. The SMILES string of the molecule is Fc1c(F)c(F)c(NC2=NC3CCCC3CS2)c(F)c1F. The predicted octanol–water partition coefficient (Wildman–Crippen LogP) is 4.07. The summed E-state index contributed by atoms with van der Waals surface area (Å²) in [5, 5.41) is 2.45. The van der Waals surface area contributed by atoms with E-state index in [1.54, 1.807) is 0 Å². The Bertz CT molecular complexity index is 590. The zero-order valence-corrected chi connectivity index (χ0v) is 11.5. The first-order valence-corrected chi connectivity index (χ1v) is 7.46. The lowest BCUT2D eigenvalue weighted by atomic mass is 10.1. The van der Waals surface area contributed by atoms with Gasteiger partial charge >= 0.3 is 0 Å². The van der Waals surface area contributed by atoms with Crippen molar-refractivity contribution in [2.24, 2.45) is 10.9 Å². The minimum absolute atomic E-state index is 0.0648. The number of aliphatic imine (C=N–C) groups is 1. The molecule has 1 N–H and O–H groups in total. The van der Waals surface area contributed by atoms with Crippen LogP contribution in [0.4, 0.5) is 27.6 Å². The predicted molar refractivity (Wildman–Crippen MR) is 70.9 cm³/mol. The Kier molecular flexibility index (Phi) is 3.81. The van der Waals surface area contributed by atoms with Gasteiger partial charge in [-0.3, -0.25) is 4.99 Å². The van der Waals surface area contributed by atoms with Crippen molar-refractivity contribution in [1.82, 2.24) is 0 Å². The first-order valence-electron chi connectivity index (χ1n) is 6.48. The van der Waals surface area contributed by atoms with Crippen molar-refractivity contribution >= 4 is 22.6 Å². The lowest BCUT2D eigenvalue weighted by Gasteiger charge is -2.23. The maximum Gasteiger partial charge on any atom is 0.200 e. The Hall–Kier alpha value is -1.31. The van der Waals surface area contributed by atoms with E-state index in [0.717, 1.165) is 25.0 Å². The molecule has 0 amide bonds. The van der Waals surface area contributed by atoms with Crippen molar-refractivity contribution in [3.8, 4) is 0 Å². The van der Waals surface area contributed by atoms with E-state index in [1.165, 1.54) is 11.8 Å². The number of halogens is 5. The molecule has 1 fully saturated rings. The molecular formula is C13H11F5N2S. The molecule has 114 valence electrons. The summed E-state index contributed by atoms with van der Waals surface area (Å²) in [5.74, 6) is -8.67. The van der Waals surface area contributed by atoms with E-state index >= 15 is 0 Å². The number of thioether (sulfide) groups is 1. The summed E-state index contributed by atoms with van der Waals surface area (Å²) >= 11 is 1.23. The third-order valence-electron chi connectivity index (χ3n) is 3.78. The second-order valence-electron chi connectivity index (χ2n) is 5.07.